The summed E-state index contributed by atoms with van der Waals surface area (Å²) in [6.07, 6.45) is 0. The van der Waals surface area contributed by atoms with Gasteiger partial charge in [0.2, 0.25) is 0 Å². The lowest BCUT2D eigenvalue weighted by molar-refractivity contribution is 1.13. The number of nitriles is 1. The molecule has 0 bridgehead atoms. The lowest BCUT2D eigenvalue weighted by atomic mass is 10.1. The number of aromatic nitrogens is 2. The summed E-state index contributed by atoms with van der Waals surface area (Å²) < 4.78 is 0. The quantitative estimate of drug-likeness (QED) is 0.763. The molecule has 1 heterocycles. The van der Waals surface area contributed by atoms with Gasteiger partial charge >= 0.3 is 0 Å². The van der Waals surface area contributed by atoms with Crippen LogP contribution < -0.4 is 0 Å². The van der Waals surface area contributed by atoms with Crippen molar-refractivity contribution in [1.29, 1.82) is 5.26 Å². The molecule has 0 aliphatic carbocycles. The Morgan fingerprint density at radius 3 is 2.33 bits per heavy atom. The number of rotatable bonds is 1. The fraction of sp³-hybridized carbons (Fsp3) is 0.167. The molecule has 0 amide bonds. The molecule has 3 heteroatoms. The van der Waals surface area contributed by atoms with Crippen molar-refractivity contribution in [3.8, 4) is 17.3 Å². The van der Waals surface area contributed by atoms with Gasteiger partial charge in [0.15, 0.2) is 0 Å². The molecule has 2 aromatic rings. The molecule has 2 rings (SSSR count). The van der Waals surface area contributed by atoms with Gasteiger partial charge in [0.25, 0.3) is 0 Å². The van der Waals surface area contributed by atoms with E-state index in [-0.39, 0.29) is 0 Å². The molecule has 0 aliphatic rings. The molecule has 0 atom stereocenters. The Hall–Kier alpha value is -2.08. The number of aromatic amines is 1. The topological polar surface area (TPSA) is 52.5 Å². The van der Waals surface area contributed by atoms with E-state index in [0.29, 0.717) is 5.56 Å². The molecule has 15 heavy (non-hydrogen) atoms. The number of nitrogens with one attached hydrogen (secondary N) is 1. The van der Waals surface area contributed by atoms with Crippen molar-refractivity contribution >= 4 is 0 Å². The molecule has 0 fully saturated rings. The lowest BCUT2D eigenvalue weighted by Crippen LogP contribution is -1.82. The Balaban J connectivity index is 2.46. The number of hydrogen-bond acceptors (Lipinski definition) is 2. The summed E-state index contributed by atoms with van der Waals surface area (Å²) in [5.74, 6) is 0.909. The van der Waals surface area contributed by atoms with E-state index in [1.54, 1.807) is 12.1 Å². The van der Waals surface area contributed by atoms with Crippen LogP contribution in [0.15, 0.2) is 24.3 Å². The number of hydrogen-bond donors (Lipinski definition) is 1. The van der Waals surface area contributed by atoms with E-state index >= 15 is 0 Å². The summed E-state index contributed by atoms with van der Waals surface area (Å²) in [6, 6.07) is 9.54. The van der Waals surface area contributed by atoms with Crippen LogP contribution in [-0.2, 0) is 0 Å². The predicted octanol–water partition coefficient (Wildman–Crippen LogP) is 2.57. The largest absolute Gasteiger partial charge is 0.346 e. The van der Waals surface area contributed by atoms with Crippen LogP contribution in [0.4, 0.5) is 0 Å². The second-order valence-corrected chi connectivity index (χ2v) is 3.48. The summed E-state index contributed by atoms with van der Waals surface area (Å²) in [4.78, 5) is 7.56. The summed E-state index contributed by atoms with van der Waals surface area (Å²) >= 11 is 0. The Labute approximate surface area is 88.4 Å². The van der Waals surface area contributed by atoms with Gasteiger partial charge in [-0.1, -0.05) is 12.1 Å². The molecule has 1 N–H and O–H groups in total. The molecule has 3 nitrogen and oxygen atoms in total. The monoisotopic (exact) mass is 197 g/mol. The number of aryl methyl sites for hydroxylation is 2. The van der Waals surface area contributed by atoms with Crippen LogP contribution >= 0.6 is 0 Å². The van der Waals surface area contributed by atoms with Gasteiger partial charge in [-0.3, -0.25) is 0 Å². The SMILES string of the molecule is Cc1nc(-c2ccc(C#N)cc2)c(C)[nH]1. The Bertz CT molecular complexity index is 515. The van der Waals surface area contributed by atoms with Crippen molar-refractivity contribution in [1.82, 2.24) is 9.97 Å². The highest BCUT2D eigenvalue weighted by Gasteiger charge is 2.06. The van der Waals surface area contributed by atoms with E-state index in [0.717, 1.165) is 22.8 Å². The summed E-state index contributed by atoms with van der Waals surface area (Å²) in [7, 11) is 0. The van der Waals surface area contributed by atoms with Gasteiger partial charge in [0.1, 0.15) is 5.82 Å². The van der Waals surface area contributed by atoms with Crippen molar-refractivity contribution < 1.29 is 0 Å². The van der Waals surface area contributed by atoms with Gasteiger partial charge in [0, 0.05) is 11.3 Å². The molecule has 74 valence electrons. The second-order valence-electron chi connectivity index (χ2n) is 3.48. The maximum atomic E-state index is 8.69. The smallest absolute Gasteiger partial charge is 0.103 e. The fourth-order valence-corrected chi connectivity index (χ4v) is 1.59. The lowest BCUT2D eigenvalue weighted by Gasteiger charge is -1.97. The third kappa shape index (κ3) is 1.75. The average molecular weight is 197 g/mol. The van der Waals surface area contributed by atoms with Crippen LogP contribution in [0.1, 0.15) is 17.1 Å². The minimum absolute atomic E-state index is 0.670. The molecule has 0 unspecified atom stereocenters. The van der Waals surface area contributed by atoms with Gasteiger partial charge in [-0.05, 0) is 26.0 Å². The number of nitrogens with zero attached hydrogens (tertiary/aromatic N) is 2. The predicted molar refractivity (Wildman–Crippen MR) is 58.2 cm³/mol. The molecule has 0 aliphatic heterocycles. The first-order valence-corrected chi connectivity index (χ1v) is 4.74. The first kappa shape index (κ1) is 9.47. The van der Waals surface area contributed by atoms with Crippen LogP contribution in [0.5, 0.6) is 0 Å². The van der Waals surface area contributed by atoms with E-state index in [4.69, 9.17) is 5.26 Å². The van der Waals surface area contributed by atoms with Crippen LogP contribution in [0.3, 0.4) is 0 Å². The van der Waals surface area contributed by atoms with Gasteiger partial charge < -0.3 is 4.98 Å². The highest BCUT2D eigenvalue weighted by molar-refractivity contribution is 5.62. The van der Waals surface area contributed by atoms with Crippen molar-refractivity contribution in [2.24, 2.45) is 0 Å². The first-order valence-electron chi connectivity index (χ1n) is 4.74. The van der Waals surface area contributed by atoms with Crippen LogP contribution in [0.2, 0.25) is 0 Å². The number of imidazole rings is 1. The van der Waals surface area contributed by atoms with E-state index in [2.05, 4.69) is 16.0 Å². The molecule has 0 saturated heterocycles. The van der Waals surface area contributed by atoms with Gasteiger partial charge in [-0.25, -0.2) is 4.98 Å². The van der Waals surface area contributed by atoms with Gasteiger partial charge in [-0.15, -0.1) is 0 Å². The zero-order valence-electron chi connectivity index (χ0n) is 8.70. The van der Waals surface area contributed by atoms with Crippen molar-refractivity contribution in [2.75, 3.05) is 0 Å². The number of benzene rings is 1. The second kappa shape index (κ2) is 3.58. The maximum Gasteiger partial charge on any atom is 0.103 e. The van der Waals surface area contributed by atoms with E-state index < -0.39 is 0 Å². The van der Waals surface area contributed by atoms with Crippen molar-refractivity contribution in [3.63, 3.8) is 0 Å². The molecular weight excluding hydrogens is 186 g/mol. The highest BCUT2D eigenvalue weighted by atomic mass is 14.9. The molecule has 0 saturated carbocycles. The van der Waals surface area contributed by atoms with Crippen LogP contribution in [-0.4, -0.2) is 9.97 Å². The zero-order chi connectivity index (χ0) is 10.8. The Morgan fingerprint density at radius 2 is 1.87 bits per heavy atom. The molecule has 0 spiro atoms. The van der Waals surface area contributed by atoms with Crippen molar-refractivity contribution in [2.45, 2.75) is 13.8 Å². The fourth-order valence-electron chi connectivity index (χ4n) is 1.59. The van der Waals surface area contributed by atoms with Crippen LogP contribution in [0.25, 0.3) is 11.3 Å². The third-order valence-corrected chi connectivity index (χ3v) is 2.29. The molecule has 0 radical (unpaired) electrons. The highest BCUT2D eigenvalue weighted by Crippen LogP contribution is 2.21. The summed E-state index contributed by atoms with van der Waals surface area (Å²) in [5, 5.41) is 8.69. The van der Waals surface area contributed by atoms with E-state index in [1.807, 2.05) is 26.0 Å². The molecule has 1 aromatic heterocycles. The molecule has 1 aromatic carbocycles. The third-order valence-electron chi connectivity index (χ3n) is 2.29. The van der Waals surface area contributed by atoms with Gasteiger partial charge in [0.05, 0.1) is 17.3 Å². The average Bonchev–Trinajstić information content (AvgIpc) is 2.58. The van der Waals surface area contributed by atoms with E-state index in [1.165, 1.54) is 0 Å². The van der Waals surface area contributed by atoms with Gasteiger partial charge in [-0.2, -0.15) is 5.26 Å². The minimum atomic E-state index is 0.670. The normalized spacial score (nSPS) is 9.93. The summed E-state index contributed by atoms with van der Waals surface area (Å²) in [5.41, 5.74) is 3.72. The Kier molecular flexibility index (Phi) is 2.26. The standard InChI is InChI=1S/C12H11N3/c1-8-12(15-9(2)14-8)11-5-3-10(7-13)4-6-11/h3-6H,1-2H3,(H,14,15). The Morgan fingerprint density at radius 1 is 1.20 bits per heavy atom. The van der Waals surface area contributed by atoms with E-state index in [9.17, 15) is 0 Å². The minimum Gasteiger partial charge on any atom is -0.346 e. The summed E-state index contributed by atoms with van der Waals surface area (Å²) in [6.45, 7) is 3.92. The van der Waals surface area contributed by atoms with Crippen LogP contribution in [0, 0.1) is 25.2 Å². The van der Waals surface area contributed by atoms with Crippen molar-refractivity contribution in [3.05, 3.63) is 41.3 Å². The first-order chi connectivity index (χ1) is 7.20. The molecular formula is C12H11N3. The zero-order valence-corrected chi connectivity index (χ0v) is 8.70. The number of H-pyrrole nitrogens is 1. The maximum absolute atomic E-state index is 8.69.